The molecule has 0 bridgehead atoms. The molecule has 140 valence electrons. The number of anilines is 1. The Morgan fingerprint density at radius 2 is 1.92 bits per heavy atom. The van der Waals surface area contributed by atoms with Crippen molar-refractivity contribution in [1.29, 1.82) is 0 Å². The minimum absolute atomic E-state index is 0. The molecule has 0 radical (unpaired) electrons. The van der Waals surface area contributed by atoms with Crippen molar-refractivity contribution in [2.75, 3.05) is 24.5 Å². The zero-order valence-electron chi connectivity index (χ0n) is 14.6. The largest absolute Gasteiger partial charge is 0.465 e. The summed E-state index contributed by atoms with van der Waals surface area (Å²) in [7, 11) is -2.54. The number of esters is 1. The molecule has 1 aliphatic rings. The summed E-state index contributed by atoms with van der Waals surface area (Å²) in [6.07, 6.45) is 0. The third-order valence-electron chi connectivity index (χ3n) is 4.24. The van der Waals surface area contributed by atoms with Crippen molar-refractivity contribution in [2.45, 2.75) is 18.4 Å². The molecule has 1 N–H and O–H groups in total. The molecule has 3 rings (SSSR count). The Hall–Kier alpha value is -2.09. The van der Waals surface area contributed by atoms with Crippen LogP contribution in [-0.2, 0) is 21.3 Å². The number of carbonyl (C=O) groups excluding carboxylic acids is 1. The number of para-hydroxylation sites is 1. The summed E-state index contributed by atoms with van der Waals surface area (Å²) in [6, 6.07) is 12.0. The van der Waals surface area contributed by atoms with Gasteiger partial charge >= 0.3 is 5.97 Å². The van der Waals surface area contributed by atoms with Crippen LogP contribution < -0.4 is 9.62 Å². The summed E-state index contributed by atoms with van der Waals surface area (Å²) >= 11 is 0. The van der Waals surface area contributed by atoms with E-state index in [9.17, 15) is 13.2 Å². The molecule has 0 saturated heterocycles. The lowest BCUT2D eigenvalue weighted by Gasteiger charge is -2.25. The van der Waals surface area contributed by atoms with Gasteiger partial charge in [0.05, 0.1) is 23.3 Å². The van der Waals surface area contributed by atoms with Gasteiger partial charge in [0.15, 0.2) is 0 Å². The van der Waals surface area contributed by atoms with E-state index in [4.69, 9.17) is 4.74 Å². The maximum absolute atomic E-state index is 13.3. The number of nitrogens with zero attached hydrogens (tertiary/aromatic N) is 1. The molecule has 8 heteroatoms. The van der Waals surface area contributed by atoms with E-state index in [1.807, 2.05) is 18.2 Å². The van der Waals surface area contributed by atoms with Gasteiger partial charge in [-0.05, 0) is 36.2 Å². The molecule has 0 unspecified atom stereocenters. The number of fused-ring (bicyclic) bond motifs is 1. The lowest BCUT2D eigenvalue weighted by Crippen LogP contribution is -2.35. The standard InChI is InChI=1S/C18H20N2O4S.ClH/c1-13-7-8-14(18(21)24-2)11-17(13)25(22,23)20-10-9-19-12-15-5-3-4-6-16(15)20;/h3-8,11,19H,9-10,12H2,1-2H3;1H. The minimum Gasteiger partial charge on any atom is -0.465 e. The van der Waals surface area contributed by atoms with Crippen LogP contribution in [0.15, 0.2) is 47.4 Å². The number of carbonyl (C=O) groups is 1. The van der Waals surface area contributed by atoms with Crippen molar-refractivity contribution >= 4 is 34.1 Å². The summed E-state index contributed by atoms with van der Waals surface area (Å²) in [5.74, 6) is -0.561. The SMILES string of the molecule is COC(=O)c1ccc(C)c(S(=O)(=O)N2CCNCc3ccccc32)c1.Cl. The van der Waals surface area contributed by atoms with Gasteiger partial charge in [0.25, 0.3) is 10.0 Å². The van der Waals surface area contributed by atoms with Gasteiger partial charge in [-0.2, -0.15) is 0 Å². The van der Waals surface area contributed by atoms with Crippen molar-refractivity contribution in [3.05, 3.63) is 59.2 Å². The fourth-order valence-electron chi connectivity index (χ4n) is 2.92. The maximum atomic E-state index is 13.3. The monoisotopic (exact) mass is 396 g/mol. The Labute approximate surface area is 159 Å². The Morgan fingerprint density at radius 1 is 1.19 bits per heavy atom. The molecule has 0 spiro atoms. The zero-order valence-corrected chi connectivity index (χ0v) is 16.2. The Morgan fingerprint density at radius 3 is 2.65 bits per heavy atom. The molecular weight excluding hydrogens is 376 g/mol. The number of hydrogen-bond acceptors (Lipinski definition) is 5. The normalized spacial score (nSPS) is 14.0. The average Bonchev–Trinajstić information content (AvgIpc) is 2.84. The van der Waals surface area contributed by atoms with Gasteiger partial charge in [-0.15, -0.1) is 12.4 Å². The lowest BCUT2D eigenvalue weighted by atomic mass is 10.1. The number of rotatable bonds is 3. The van der Waals surface area contributed by atoms with Gasteiger partial charge in [0, 0.05) is 19.6 Å². The molecule has 0 aliphatic carbocycles. The third kappa shape index (κ3) is 3.70. The zero-order chi connectivity index (χ0) is 18.0. The molecule has 0 aromatic heterocycles. The maximum Gasteiger partial charge on any atom is 0.337 e. The first-order valence-corrected chi connectivity index (χ1v) is 9.39. The van der Waals surface area contributed by atoms with E-state index < -0.39 is 16.0 Å². The van der Waals surface area contributed by atoms with Gasteiger partial charge in [-0.25, -0.2) is 13.2 Å². The molecular formula is C18H21ClN2O4S. The number of hydrogen-bond donors (Lipinski definition) is 1. The van der Waals surface area contributed by atoms with E-state index in [-0.39, 0.29) is 22.9 Å². The number of aryl methyl sites for hydroxylation is 1. The second kappa shape index (κ2) is 8.07. The molecule has 1 heterocycles. The highest BCUT2D eigenvalue weighted by Crippen LogP contribution is 2.30. The molecule has 0 saturated carbocycles. The molecule has 6 nitrogen and oxygen atoms in total. The topological polar surface area (TPSA) is 75.7 Å². The van der Waals surface area contributed by atoms with Crippen LogP contribution in [0.1, 0.15) is 21.5 Å². The van der Waals surface area contributed by atoms with Gasteiger partial charge in [0.2, 0.25) is 0 Å². The van der Waals surface area contributed by atoms with Crippen molar-refractivity contribution in [3.63, 3.8) is 0 Å². The first-order chi connectivity index (χ1) is 11.9. The quantitative estimate of drug-likeness (QED) is 0.807. The molecule has 0 fully saturated rings. The number of benzene rings is 2. The number of methoxy groups -OCH3 is 1. The number of ether oxygens (including phenoxy) is 1. The average molecular weight is 397 g/mol. The predicted molar refractivity (Wildman–Crippen MR) is 102 cm³/mol. The minimum atomic E-state index is -3.81. The predicted octanol–water partition coefficient (Wildman–Crippen LogP) is 2.50. The first kappa shape index (κ1) is 20.2. The highest BCUT2D eigenvalue weighted by Gasteiger charge is 2.29. The van der Waals surface area contributed by atoms with Crippen molar-refractivity contribution < 1.29 is 17.9 Å². The van der Waals surface area contributed by atoms with Crippen molar-refractivity contribution in [1.82, 2.24) is 5.32 Å². The van der Waals surface area contributed by atoms with E-state index in [2.05, 4.69) is 5.32 Å². The first-order valence-electron chi connectivity index (χ1n) is 7.95. The molecule has 26 heavy (non-hydrogen) atoms. The van der Waals surface area contributed by atoms with Crippen LogP contribution in [-0.4, -0.2) is 34.6 Å². The summed E-state index contributed by atoms with van der Waals surface area (Å²) in [5, 5.41) is 3.23. The van der Waals surface area contributed by atoms with Crippen LogP contribution in [0.4, 0.5) is 5.69 Å². The van der Waals surface area contributed by atoms with Crippen LogP contribution in [0.3, 0.4) is 0 Å². The number of sulfonamides is 1. The van der Waals surface area contributed by atoms with Crippen LogP contribution in [0.25, 0.3) is 0 Å². The van der Waals surface area contributed by atoms with E-state index in [0.29, 0.717) is 30.9 Å². The highest BCUT2D eigenvalue weighted by molar-refractivity contribution is 7.92. The molecule has 2 aromatic carbocycles. The van der Waals surface area contributed by atoms with E-state index in [0.717, 1.165) is 5.56 Å². The van der Waals surface area contributed by atoms with Gasteiger partial charge < -0.3 is 10.1 Å². The molecule has 1 aliphatic heterocycles. The Balaban J connectivity index is 0.00000243. The van der Waals surface area contributed by atoms with E-state index in [1.54, 1.807) is 25.1 Å². The van der Waals surface area contributed by atoms with Gasteiger partial charge in [-0.1, -0.05) is 24.3 Å². The fourth-order valence-corrected chi connectivity index (χ4v) is 4.68. The summed E-state index contributed by atoms with van der Waals surface area (Å²) in [4.78, 5) is 11.9. The Bertz CT molecular complexity index is 915. The van der Waals surface area contributed by atoms with E-state index >= 15 is 0 Å². The van der Waals surface area contributed by atoms with Gasteiger partial charge in [0.1, 0.15) is 0 Å². The van der Waals surface area contributed by atoms with Crippen LogP contribution in [0, 0.1) is 6.92 Å². The second-order valence-corrected chi connectivity index (χ2v) is 7.69. The van der Waals surface area contributed by atoms with Gasteiger partial charge in [-0.3, -0.25) is 4.31 Å². The smallest absolute Gasteiger partial charge is 0.337 e. The molecule has 0 amide bonds. The number of halogens is 1. The van der Waals surface area contributed by atoms with Crippen molar-refractivity contribution in [3.8, 4) is 0 Å². The number of nitrogens with one attached hydrogen (secondary N) is 1. The molecule has 0 atom stereocenters. The Kier molecular flexibility index (Phi) is 6.28. The van der Waals surface area contributed by atoms with Crippen LogP contribution >= 0.6 is 12.4 Å². The fraction of sp³-hybridized carbons (Fsp3) is 0.278. The second-order valence-electron chi connectivity index (χ2n) is 5.85. The summed E-state index contributed by atoms with van der Waals surface area (Å²) in [6.45, 7) is 3.20. The van der Waals surface area contributed by atoms with E-state index in [1.165, 1.54) is 17.5 Å². The van der Waals surface area contributed by atoms with Crippen LogP contribution in [0.2, 0.25) is 0 Å². The lowest BCUT2D eigenvalue weighted by molar-refractivity contribution is 0.0600. The highest BCUT2D eigenvalue weighted by atomic mass is 35.5. The third-order valence-corrected chi connectivity index (χ3v) is 6.20. The van der Waals surface area contributed by atoms with Crippen molar-refractivity contribution in [2.24, 2.45) is 0 Å². The summed E-state index contributed by atoms with van der Waals surface area (Å²) < 4.78 is 32.8. The molecule has 2 aromatic rings. The summed E-state index contributed by atoms with van der Waals surface area (Å²) in [5.41, 5.74) is 2.39. The van der Waals surface area contributed by atoms with Crippen LogP contribution in [0.5, 0.6) is 0 Å².